The third-order valence-corrected chi connectivity index (χ3v) is 2.65. The molecule has 0 spiro atoms. The van der Waals surface area contributed by atoms with Crippen molar-refractivity contribution < 1.29 is 9.84 Å². The molecule has 0 fully saturated rings. The van der Waals surface area contributed by atoms with Gasteiger partial charge < -0.3 is 15.2 Å². The van der Waals surface area contributed by atoms with E-state index in [1.165, 1.54) is 0 Å². The van der Waals surface area contributed by atoms with E-state index in [1.54, 1.807) is 7.11 Å². The molecular weight excluding hydrogens is 258 g/mol. The van der Waals surface area contributed by atoms with Crippen molar-refractivity contribution in [1.82, 2.24) is 5.32 Å². The Bertz CT molecular complexity index is 317. The van der Waals surface area contributed by atoms with E-state index in [-0.39, 0.29) is 12.6 Å². The van der Waals surface area contributed by atoms with Crippen LogP contribution in [0.1, 0.15) is 12.5 Å². The lowest BCUT2D eigenvalue weighted by Crippen LogP contribution is -2.28. The van der Waals surface area contributed by atoms with Crippen LogP contribution in [0.3, 0.4) is 0 Å². The quantitative estimate of drug-likeness (QED) is 0.862. The second-order valence-electron chi connectivity index (χ2n) is 3.42. The first kappa shape index (κ1) is 12.5. The highest BCUT2D eigenvalue weighted by Gasteiger charge is 2.05. The SMILES string of the molecule is COc1ccc(Br)cc1CN[C@H](C)CO. The van der Waals surface area contributed by atoms with E-state index in [2.05, 4.69) is 21.2 Å². The molecular formula is C11H16BrNO2. The molecule has 0 aromatic heterocycles. The summed E-state index contributed by atoms with van der Waals surface area (Å²) in [5.74, 6) is 0.857. The zero-order chi connectivity index (χ0) is 11.3. The summed E-state index contributed by atoms with van der Waals surface area (Å²) in [5.41, 5.74) is 1.08. The largest absolute Gasteiger partial charge is 0.496 e. The number of rotatable bonds is 5. The third-order valence-electron chi connectivity index (χ3n) is 2.16. The maximum Gasteiger partial charge on any atom is 0.123 e. The lowest BCUT2D eigenvalue weighted by molar-refractivity contribution is 0.250. The van der Waals surface area contributed by atoms with Crippen molar-refractivity contribution in [2.45, 2.75) is 19.5 Å². The van der Waals surface area contributed by atoms with E-state index in [0.717, 1.165) is 15.8 Å². The first-order valence-electron chi connectivity index (χ1n) is 4.84. The Kier molecular flexibility index (Phi) is 5.08. The van der Waals surface area contributed by atoms with Gasteiger partial charge >= 0.3 is 0 Å². The highest BCUT2D eigenvalue weighted by atomic mass is 79.9. The number of nitrogens with one attached hydrogen (secondary N) is 1. The predicted molar refractivity (Wildman–Crippen MR) is 64.1 cm³/mol. The predicted octanol–water partition coefficient (Wildman–Crippen LogP) is 1.93. The smallest absolute Gasteiger partial charge is 0.123 e. The second kappa shape index (κ2) is 6.10. The Labute approximate surface area is 98.6 Å². The average molecular weight is 274 g/mol. The average Bonchev–Trinajstić information content (AvgIpc) is 2.26. The number of aliphatic hydroxyl groups excluding tert-OH is 1. The molecule has 0 unspecified atom stereocenters. The molecule has 1 rings (SSSR count). The van der Waals surface area contributed by atoms with Crippen LogP contribution in [-0.4, -0.2) is 24.9 Å². The molecule has 2 N–H and O–H groups in total. The Morgan fingerprint density at radius 1 is 1.53 bits per heavy atom. The summed E-state index contributed by atoms with van der Waals surface area (Å²) < 4.78 is 6.27. The van der Waals surface area contributed by atoms with Crippen LogP contribution >= 0.6 is 15.9 Å². The van der Waals surface area contributed by atoms with Gasteiger partial charge in [0.1, 0.15) is 5.75 Å². The summed E-state index contributed by atoms with van der Waals surface area (Å²) in [6.07, 6.45) is 0. The van der Waals surface area contributed by atoms with E-state index in [4.69, 9.17) is 9.84 Å². The van der Waals surface area contributed by atoms with Gasteiger partial charge in [0.05, 0.1) is 13.7 Å². The molecule has 1 atom stereocenters. The molecule has 84 valence electrons. The van der Waals surface area contributed by atoms with E-state index in [9.17, 15) is 0 Å². The van der Waals surface area contributed by atoms with E-state index in [0.29, 0.717) is 6.54 Å². The third kappa shape index (κ3) is 3.81. The van der Waals surface area contributed by atoms with Crippen molar-refractivity contribution in [1.29, 1.82) is 0 Å². The van der Waals surface area contributed by atoms with Gasteiger partial charge in [-0.15, -0.1) is 0 Å². The van der Waals surface area contributed by atoms with Crippen molar-refractivity contribution in [2.24, 2.45) is 0 Å². The van der Waals surface area contributed by atoms with Crippen molar-refractivity contribution in [3.63, 3.8) is 0 Å². The van der Waals surface area contributed by atoms with E-state index in [1.807, 2.05) is 25.1 Å². The van der Waals surface area contributed by atoms with Gasteiger partial charge in [-0.3, -0.25) is 0 Å². The molecule has 0 aliphatic carbocycles. The number of benzene rings is 1. The van der Waals surface area contributed by atoms with Gasteiger partial charge in [-0.25, -0.2) is 0 Å². The monoisotopic (exact) mass is 273 g/mol. The van der Waals surface area contributed by atoms with Crippen LogP contribution in [0, 0.1) is 0 Å². The molecule has 0 amide bonds. The van der Waals surface area contributed by atoms with Crippen LogP contribution in [0.5, 0.6) is 5.75 Å². The standard InChI is InChI=1S/C11H16BrNO2/c1-8(7-14)13-6-9-5-10(12)3-4-11(9)15-2/h3-5,8,13-14H,6-7H2,1-2H3/t8-/m1/s1. The Hall–Kier alpha value is -0.580. The van der Waals surface area contributed by atoms with Crippen molar-refractivity contribution >= 4 is 15.9 Å². The molecule has 0 radical (unpaired) electrons. The topological polar surface area (TPSA) is 41.5 Å². The van der Waals surface area contributed by atoms with Crippen LogP contribution in [0.25, 0.3) is 0 Å². The second-order valence-corrected chi connectivity index (χ2v) is 4.34. The normalized spacial score (nSPS) is 12.5. The maximum absolute atomic E-state index is 8.89. The van der Waals surface area contributed by atoms with Crippen LogP contribution < -0.4 is 10.1 Å². The molecule has 1 aromatic carbocycles. The molecule has 0 saturated carbocycles. The lowest BCUT2D eigenvalue weighted by atomic mass is 10.2. The number of methoxy groups -OCH3 is 1. The summed E-state index contributed by atoms with van der Waals surface area (Å²) in [5, 5.41) is 12.1. The van der Waals surface area contributed by atoms with Crippen molar-refractivity contribution in [2.75, 3.05) is 13.7 Å². The zero-order valence-electron chi connectivity index (χ0n) is 8.96. The number of aliphatic hydroxyl groups is 1. The highest BCUT2D eigenvalue weighted by molar-refractivity contribution is 9.10. The van der Waals surface area contributed by atoms with Crippen LogP contribution in [0.2, 0.25) is 0 Å². The van der Waals surface area contributed by atoms with Gasteiger partial charge in [0.15, 0.2) is 0 Å². The molecule has 0 saturated heterocycles. The summed E-state index contributed by atoms with van der Waals surface area (Å²) >= 11 is 3.42. The minimum absolute atomic E-state index is 0.0914. The fraction of sp³-hybridized carbons (Fsp3) is 0.455. The van der Waals surface area contributed by atoms with Gasteiger partial charge in [-0.05, 0) is 25.1 Å². The number of hydrogen-bond acceptors (Lipinski definition) is 3. The van der Waals surface area contributed by atoms with Crippen LogP contribution in [0.4, 0.5) is 0 Å². The van der Waals surface area contributed by atoms with Crippen molar-refractivity contribution in [3.05, 3.63) is 28.2 Å². The first-order chi connectivity index (χ1) is 7.17. The molecule has 3 nitrogen and oxygen atoms in total. The molecule has 0 bridgehead atoms. The molecule has 0 heterocycles. The maximum atomic E-state index is 8.89. The Morgan fingerprint density at radius 3 is 2.87 bits per heavy atom. The molecule has 0 aliphatic heterocycles. The zero-order valence-corrected chi connectivity index (χ0v) is 10.5. The van der Waals surface area contributed by atoms with Gasteiger partial charge in [0.2, 0.25) is 0 Å². The lowest BCUT2D eigenvalue weighted by Gasteiger charge is -2.13. The van der Waals surface area contributed by atoms with Gasteiger partial charge in [-0.1, -0.05) is 15.9 Å². The van der Waals surface area contributed by atoms with Gasteiger partial charge in [0, 0.05) is 22.6 Å². The number of ether oxygens (including phenoxy) is 1. The van der Waals surface area contributed by atoms with Gasteiger partial charge in [0.25, 0.3) is 0 Å². The summed E-state index contributed by atoms with van der Waals surface area (Å²) in [4.78, 5) is 0. The summed E-state index contributed by atoms with van der Waals surface area (Å²) in [6, 6.07) is 5.96. The minimum Gasteiger partial charge on any atom is -0.496 e. The molecule has 4 heteroatoms. The fourth-order valence-corrected chi connectivity index (χ4v) is 1.64. The van der Waals surface area contributed by atoms with E-state index >= 15 is 0 Å². The molecule has 1 aromatic rings. The molecule has 15 heavy (non-hydrogen) atoms. The summed E-state index contributed by atoms with van der Waals surface area (Å²) in [6.45, 7) is 2.76. The highest BCUT2D eigenvalue weighted by Crippen LogP contribution is 2.22. The minimum atomic E-state index is 0.0914. The van der Waals surface area contributed by atoms with Crippen molar-refractivity contribution in [3.8, 4) is 5.75 Å². The Morgan fingerprint density at radius 2 is 2.27 bits per heavy atom. The number of halogens is 1. The first-order valence-corrected chi connectivity index (χ1v) is 5.63. The Balaban J connectivity index is 2.69. The van der Waals surface area contributed by atoms with Crippen LogP contribution in [0.15, 0.2) is 22.7 Å². The number of hydrogen-bond donors (Lipinski definition) is 2. The summed E-state index contributed by atoms with van der Waals surface area (Å²) in [7, 11) is 1.65. The molecule has 0 aliphatic rings. The van der Waals surface area contributed by atoms with Crippen LogP contribution in [-0.2, 0) is 6.54 Å². The van der Waals surface area contributed by atoms with E-state index < -0.39 is 0 Å². The van der Waals surface area contributed by atoms with Gasteiger partial charge in [-0.2, -0.15) is 0 Å². The fourth-order valence-electron chi connectivity index (χ4n) is 1.23.